The van der Waals surface area contributed by atoms with E-state index in [1.54, 1.807) is 0 Å². The zero-order valence-corrected chi connectivity index (χ0v) is 10.9. The smallest absolute Gasteiger partial charge is 0.305 e. The highest BCUT2D eigenvalue weighted by Crippen LogP contribution is 2.29. The van der Waals surface area contributed by atoms with Gasteiger partial charge in [0.15, 0.2) is 0 Å². The molecule has 1 aromatic carbocycles. The van der Waals surface area contributed by atoms with Gasteiger partial charge in [-0.25, -0.2) is 0 Å². The second kappa shape index (κ2) is 5.88. The number of rotatable bonds is 5. The fourth-order valence-electron chi connectivity index (χ4n) is 1.87. The molecule has 0 aromatic heterocycles. The lowest BCUT2D eigenvalue weighted by Crippen LogP contribution is -2.33. The van der Waals surface area contributed by atoms with Gasteiger partial charge in [0.05, 0.1) is 6.42 Å². The number of amides is 2. The molecule has 5 nitrogen and oxygen atoms in total. The predicted octanol–water partition coefficient (Wildman–Crippen LogP) is 1.77. The van der Waals surface area contributed by atoms with E-state index in [1.807, 2.05) is 30.3 Å². The van der Waals surface area contributed by atoms with Crippen LogP contribution in [0.2, 0.25) is 0 Å². The van der Waals surface area contributed by atoms with Crippen molar-refractivity contribution in [3.63, 3.8) is 0 Å². The van der Waals surface area contributed by atoms with Crippen LogP contribution in [0, 0.1) is 0 Å². The first-order valence-electron chi connectivity index (χ1n) is 5.85. The minimum absolute atomic E-state index is 0.296. The molecule has 1 aliphatic rings. The van der Waals surface area contributed by atoms with Crippen LogP contribution in [-0.2, 0) is 16.0 Å². The second-order valence-electron chi connectivity index (χ2n) is 4.20. The molecule has 1 saturated heterocycles. The molecule has 0 saturated carbocycles. The van der Waals surface area contributed by atoms with Crippen LogP contribution in [0.1, 0.15) is 12.0 Å². The average molecular weight is 279 g/mol. The Morgan fingerprint density at radius 3 is 2.58 bits per heavy atom. The molecule has 1 N–H and O–H groups in total. The van der Waals surface area contributed by atoms with Crippen LogP contribution in [0.25, 0.3) is 0 Å². The molecule has 2 amide bonds. The Balaban J connectivity index is 1.95. The van der Waals surface area contributed by atoms with Gasteiger partial charge in [-0.1, -0.05) is 42.1 Å². The number of carboxylic acid groups (broad SMARTS) is 1. The molecule has 0 bridgehead atoms. The number of carbonyl (C=O) groups is 3. The standard InChI is InChI=1S/C13H13NO4S/c15-11(16)8-10-12(17)14(13(18)19-10)7-6-9-4-2-1-3-5-9/h1-5,10H,6-8H2,(H,15,16). The summed E-state index contributed by atoms with van der Waals surface area (Å²) in [4.78, 5) is 35.3. The lowest BCUT2D eigenvalue weighted by Gasteiger charge is -2.13. The van der Waals surface area contributed by atoms with Gasteiger partial charge in [-0.15, -0.1) is 0 Å². The number of thioether (sulfide) groups is 1. The van der Waals surface area contributed by atoms with E-state index in [1.165, 1.54) is 0 Å². The van der Waals surface area contributed by atoms with E-state index in [0.29, 0.717) is 13.0 Å². The number of nitrogens with zero attached hydrogens (tertiary/aromatic N) is 1. The van der Waals surface area contributed by atoms with E-state index < -0.39 is 17.1 Å². The molecule has 0 aliphatic carbocycles. The van der Waals surface area contributed by atoms with E-state index >= 15 is 0 Å². The molecule has 2 rings (SSSR count). The highest BCUT2D eigenvalue weighted by atomic mass is 32.2. The van der Waals surface area contributed by atoms with E-state index in [-0.39, 0.29) is 11.7 Å². The summed E-state index contributed by atoms with van der Waals surface area (Å²) in [7, 11) is 0. The number of aliphatic carboxylic acids is 1. The Labute approximate surface area is 114 Å². The van der Waals surface area contributed by atoms with Crippen LogP contribution in [0.3, 0.4) is 0 Å². The number of hydrogen-bond acceptors (Lipinski definition) is 4. The van der Waals surface area contributed by atoms with Crippen molar-refractivity contribution in [3.05, 3.63) is 35.9 Å². The summed E-state index contributed by atoms with van der Waals surface area (Å²) >= 11 is 0.802. The second-order valence-corrected chi connectivity index (χ2v) is 5.35. The van der Waals surface area contributed by atoms with E-state index in [0.717, 1.165) is 22.2 Å². The monoisotopic (exact) mass is 279 g/mol. The molecule has 0 spiro atoms. The van der Waals surface area contributed by atoms with Gasteiger partial charge < -0.3 is 5.11 Å². The number of imide groups is 1. The molecular weight excluding hydrogens is 266 g/mol. The van der Waals surface area contributed by atoms with Crippen molar-refractivity contribution in [1.82, 2.24) is 4.90 Å². The zero-order valence-electron chi connectivity index (χ0n) is 10.1. The summed E-state index contributed by atoms with van der Waals surface area (Å²) in [6.45, 7) is 0.296. The van der Waals surface area contributed by atoms with Crippen LogP contribution < -0.4 is 0 Å². The quantitative estimate of drug-likeness (QED) is 0.889. The number of carbonyl (C=O) groups excluding carboxylic acids is 2. The SMILES string of the molecule is O=C(O)CC1SC(=O)N(CCc2ccccc2)C1=O. The molecule has 100 valence electrons. The van der Waals surface area contributed by atoms with Crippen LogP contribution in [0.15, 0.2) is 30.3 Å². The molecule has 1 unspecified atom stereocenters. The molecule has 1 heterocycles. The predicted molar refractivity (Wildman–Crippen MR) is 70.9 cm³/mol. The fourth-order valence-corrected chi connectivity index (χ4v) is 2.88. The summed E-state index contributed by atoms with van der Waals surface area (Å²) in [5, 5.41) is 7.55. The summed E-state index contributed by atoms with van der Waals surface area (Å²) in [5.74, 6) is -1.46. The van der Waals surface area contributed by atoms with Crippen molar-refractivity contribution in [3.8, 4) is 0 Å². The van der Waals surface area contributed by atoms with E-state index in [9.17, 15) is 14.4 Å². The van der Waals surface area contributed by atoms with Gasteiger partial charge in [0.25, 0.3) is 5.24 Å². The van der Waals surface area contributed by atoms with E-state index in [4.69, 9.17) is 5.11 Å². The minimum Gasteiger partial charge on any atom is -0.481 e. The number of hydrogen-bond donors (Lipinski definition) is 1. The van der Waals surface area contributed by atoms with Crippen molar-refractivity contribution < 1.29 is 19.5 Å². The van der Waals surface area contributed by atoms with Crippen LogP contribution in [0.5, 0.6) is 0 Å². The van der Waals surface area contributed by atoms with E-state index in [2.05, 4.69) is 0 Å². The Morgan fingerprint density at radius 2 is 1.95 bits per heavy atom. The van der Waals surface area contributed by atoms with Crippen LogP contribution >= 0.6 is 11.8 Å². The molecular formula is C13H13NO4S. The third kappa shape index (κ3) is 3.35. The van der Waals surface area contributed by atoms with Crippen molar-refractivity contribution in [2.75, 3.05) is 6.54 Å². The van der Waals surface area contributed by atoms with Crippen molar-refractivity contribution >= 4 is 28.9 Å². The minimum atomic E-state index is -1.07. The highest BCUT2D eigenvalue weighted by Gasteiger charge is 2.40. The Hall–Kier alpha value is -1.82. The topological polar surface area (TPSA) is 74.7 Å². The Morgan fingerprint density at radius 1 is 1.26 bits per heavy atom. The van der Waals surface area contributed by atoms with Crippen LogP contribution in [0.4, 0.5) is 4.79 Å². The Bertz CT molecular complexity index is 503. The Kier molecular flexibility index (Phi) is 4.21. The van der Waals surface area contributed by atoms with Crippen molar-refractivity contribution in [1.29, 1.82) is 0 Å². The normalized spacial score (nSPS) is 18.9. The molecule has 1 aliphatic heterocycles. The summed E-state index contributed by atoms with van der Waals surface area (Å²) in [5.41, 5.74) is 1.04. The molecule has 1 aromatic rings. The molecule has 19 heavy (non-hydrogen) atoms. The third-order valence-electron chi connectivity index (χ3n) is 2.83. The largest absolute Gasteiger partial charge is 0.481 e. The van der Waals surface area contributed by atoms with Crippen molar-refractivity contribution in [2.45, 2.75) is 18.1 Å². The highest BCUT2D eigenvalue weighted by molar-refractivity contribution is 8.15. The first-order chi connectivity index (χ1) is 9.08. The van der Waals surface area contributed by atoms with Gasteiger partial charge in [-0.2, -0.15) is 0 Å². The van der Waals surface area contributed by atoms with Gasteiger partial charge in [0.1, 0.15) is 5.25 Å². The molecule has 6 heteroatoms. The first-order valence-corrected chi connectivity index (χ1v) is 6.73. The molecule has 1 atom stereocenters. The summed E-state index contributed by atoms with van der Waals surface area (Å²) in [6, 6.07) is 9.53. The van der Waals surface area contributed by atoms with Crippen molar-refractivity contribution in [2.24, 2.45) is 0 Å². The fraction of sp³-hybridized carbons (Fsp3) is 0.308. The first kappa shape index (κ1) is 13.6. The lowest BCUT2D eigenvalue weighted by molar-refractivity contribution is -0.139. The van der Waals surface area contributed by atoms with Gasteiger partial charge in [0, 0.05) is 6.54 Å². The maximum atomic E-state index is 11.9. The number of carboxylic acids is 1. The number of benzene rings is 1. The summed E-state index contributed by atoms with van der Waals surface area (Å²) < 4.78 is 0. The average Bonchev–Trinajstić information content (AvgIpc) is 2.63. The van der Waals surface area contributed by atoms with Gasteiger partial charge in [-0.05, 0) is 12.0 Å². The molecule has 1 fully saturated rings. The van der Waals surface area contributed by atoms with Gasteiger partial charge >= 0.3 is 5.97 Å². The lowest BCUT2D eigenvalue weighted by atomic mass is 10.1. The maximum absolute atomic E-state index is 11.9. The summed E-state index contributed by atoms with van der Waals surface area (Å²) in [6.07, 6.45) is 0.274. The van der Waals surface area contributed by atoms with Gasteiger partial charge in [-0.3, -0.25) is 19.3 Å². The third-order valence-corrected chi connectivity index (χ3v) is 3.91. The maximum Gasteiger partial charge on any atom is 0.305 e. The van der Waals surface area contributed by atoms with Gasteiger partial charge in [0.2, 0.25) is 5.91 Å². The zero-order chi connectivity index (χ0) is 13.8. The molecule has 0 radical (unpaired) electrons. The van der Waals surface area contributed by atoms with Crippen LogP contribution in [-0.4, -0.2) is 38.9 Å².